The fraction of sp³-hybridized carbons (Fsp3) is 0.632. The number of hydrogen-bond acceptors (Lipinski definition) is 4. The summed E-state index contributed by atoms with van der Waals surface area (Å²) < 4.78 is 66.5. The Hall–Kier alpha value is -1.57. The summed E-state index contributed by atoms with van der Waals surface area (Å²) in [5.74, 6) is -0.323. The molecular formula is C19H27F3O4S. The van der Waals surface area contributed by atoms with Crippen LogP contribution < -0.4 is 4.74 Å². The largest absolute Gasteiger partial charge is 0.496 e. The number of hydrogen-bond donors (Lipinski definition) is 0. The highest BCUT2D eigenvalue weighted by molar-refractivity contribution is 7.92. The van der Waals surface area contributed by atoms with Crippen molar-refractivity contribution in [2.24, 2.45) is 0 Å². The minimum Gasteiger partial charge on any atom is -0.496 e. The summed E-state index contributed by atoms with van der Waals surface area (Å²) in [5.41, 5.74) is -0.415. The van der Waals surface area contributed by atoms with Gasteiger partial charge < -0.3 is 4.74 Å². The Kier molecular flexibility index (Phi) is 7.89. The Balaban J connectivity index is 2.50. The first-order valence-corrected chi connectivity index (χ1v) is 10.4. The van der Waals surface area contributed by atoms with Crippen LogP contribution in [-0.2, 0) is 27.2 Å². The Morgan fingerprint density at radius 1 is 1.07 bits per heavy atom. The van der Waals surface area contributed by atoms with Crippen LogP contribution in [0.1, 0.15) is 57.6 Å². The first-order valence-electron chi connectivity index (χ1n) is 8.76. The molecule has 4 nitrogen and oxygen atoms in total. The second kappa shape index (κ2) is 9.08. The van der Waals surface area contributed by atoms with E-state index in [-0.39, 0.29) is 30.1 Å². The maximum atomic E-state index is 12.8. The summed E-state index contributed by atoms with van der Waals surface area (Å²) in [6, 6.07) is 3.43. The molecule has 0 radical (unpaired) electrons. The van der Waals surface area contributed by atoms with Crippen molar-refractivity contribution in [3.8, 4) is 5.75 Å². The molecule has 154 valence electrons. The van der Waals surface area contributed by atoms with Crippen LogP contribution in [0.3, 0.4) is 0 Å². The van der Waals surface area contributed by atoms with E-state index in [0.29, 0.717) is 24.8 Å². The zero-order valence-electron chi connectivity index (χ0n) is 16.1. The summed E-state index contributed by atoms with van der Waals surface area (Å²) in [4.78, 5) is 12.0. The van der Waals surface area contributed by atoms with Gasteiger partial charge in [0.15, 0.2) is 9.84 Å². The standard InChI is InChI=1S/C19H27F3O4S/c1-18(2,3)27(24,25)11-7-5-6-8-15(23)12-14-9-10-16(19(20,21)22)17(13-14)26-4/h9-10,13H,5-8,11-12H2,1-4H3. The van der Waals surface area contributed by atoms with Gasteiger partial charge in [0.25, 0.3) is 0 Å². The zero-order valence-corrected chi connectivity index (χ0v) is 17.0. The number of ketones is 1. The van der Waals surface area contributed by atoms with E-state index < -0.39 is 26.3 Å². The Labute approximate surface area is 159 Å². The molecular weight excluding hydrogens is 381 g/mol. The van der Waals surface area contributed by atoms with E-state index in [1.165, 1.54) is 12.1 Å². The summed E-state index contributed by atoms with van der Waals surface area (Å²) >= 11 is 0. The molecule has 0 atom stereocenters. The van der Waals surface area contributed by atoms with Crippen LogP contribution in [0.5, 0.6) is 5.75 Å². The van der Waals surface area contributed by atoms with E-state index >= 15 is 0 Å². The minimum absolute atomic E-state index is 0.0226. The van der Waals surface area contributed by atoms with Crippen molar-refractivity contribution in [1.29, 1.82) is 0 Å². The van der Waals surface area contributed by atoms with Gasteiger partial charge in [-0.3, -0.25) is 4.79 Å². The number of Topliss-reactive ketones (excluding diaryl/α,β-unsaturated/α-hetero) is 1. The smallest absolute Gasteiger partial charge is 0.419 e. The van der Waals surface area contributed by atoms with Crippen molar-refractivity contribution in [3.63, 3.8) is 0 Å². The lowest BCUT2D eigenvalue weighted by atomic mass is 10.0. The molecule has 0 unspecified atom stereocenters. The Morgan fingerprint density at radius 3 is 2.22 bits per heavy atom. The first kappa shape index (κ1) is 23.5. The molecule has 0 spiro atoms. The molecule has 1 aromatic rings. The summed E-state index contributed by atoms with van der Waals surface area (Å²) in [6.45, 7) is 4.97. The molecule has 1 rings (SSSR count). The predicted octanol–water partition coefficient (Wildman–Crippen LogP) is 4.60. The first-order chi connectivity index (χ1) is 12.3. The molecule has 0 saturated carbocycles. The summed E-state index contributed by atoms with van der Waals surface area (Å²) in [6.07, 6.45) is -2.58. The fourth-order valence-corrected chi connectivity index (χ4v) is 3.69. The van der Waals surface area contributed by atoms with Crippen molar-refractivity contribution in [2.75, 3.05) is 12.9 Å². The number of halogens is 3. The normalized spacial score (nSPS) is 12.9. The number of carbonyl (C=O) groups excluding carboxylic acids is 1. The van der Waals surface area contributed by atoms with Crippen molar-refractivity contribution in [3.05, 3.63) is 29.3 Å². The maximum Gasteiger partial charge on any atom is 0.419 e. The number of unbranched alkanes of at least 4 members (excludes halogenated alkanes) is 2. The summed E-state index contributed by atoms with van der Waals surface area (Å²) in [5, 5.41) is 0. The monoisotopic (exact) mass is 408 g/mol. The average molecular weight is 408 g/mol. The molecule has 0 aliphatic heterocycles. The number of methoxy groups -OCH3 is 1. The molecule has 1 aromatic carbocycles. The highest BCUT2D eigenvalue weighted by Gasteiger charge is 2.34. The third-order valence-corrected chi connectivity index (χ3v) is 6.97. The van der Waals surface area contributed by atoms with Crippen molar-refractivity contribution in [1.82, 2.24) is 0 Å². The Bertz CT molecular complexity index is 747. The van der Waals surface area contributed by atoms with Crippen LogP contribution in [0.25, 0.3) is 0 Å². The van der Waals surface area contributed by atoms with Gasteiger partial charge in [0, 0.05) is 12.8 Å². The number of carbonyl (C=O) groups is 1. The molecule has 0 saturated heterocycles. The highest BCUT2D eigenvalue weighted by atomic mass is 32.2. The fourth-order valence-electron chi connectivity index (χ4n) is 2.49. The van der Waals surface area contributed by atoms with Gasteiger partial charge in [0.1, 0.15) is 11.5 Å². The maximum absolute atomic E-state index is 12.8. The number of alkyl halides is 3. The molecule has 0 bridgehead atoms. The van der Waals surface area contributed by atoms with Crippen LogP contribution in [-0.4, -0.2) is 31.8 Å². The molecule has 0 heterocycles. The van der Waals surface area contributed by atoms with Gasteiger partial charge in [-0.2, -0.15) is 13.2 Å². The number of rotatable bonds is 9. The van der Waals surface area contributed by atoms with Gasteiger partial charge in [0.05, 0.1) is 23.2 Å². The lowest BCUT2D eigenvalue weighted by Crippen LogP contribution is -2.30. The van der Waals surface area contributed by atoms with Gasteiger partial charge >= 0.3 is 6.18 Å². The number of ether oxygens (including phenoxy) is 1. The highest BCUT2D eigenvalue weighted by Crippen LogP contribution is 2.36. The third-order valence-electron chi connectivity index (χ3n) is 4.27. The molecule has 0 fully saturated rings. The van der Waals surface area contributed by atoms with E-state index in [2.05, 4.69) is 0 Å². The minimum atomic E-state index is -4.51. The summed E-state index contributed by atoms with van der Waals surface area (Å²) in [7, 11) is -2.01. The van der Waals surface area contributed by atoms with Crippen molar-refractivity contribution < 1.29 is 31.1 Å². The molecule has 0 aromatic heterocycles. The van der Waals surface area contributed by atoms with Gasteiger partial charge in [-0.1, -0.05) is 12.5 Å². The molecule has 0 aliphatic carbocycles. The molecule has 0 N–H and O–H groups in total. The SMILES string of the molecule is COc1cc(CC(=O)CCCCCS(=O)(=O)C(C)(C)C)ccc1C(F)(F)F. The van der Waals surface area contributed by atoms with Crippen LogP contribution in [0.2, 0.25) is 0 Å². The Morgan fingerprint density at radius 2 is 1.70 bits per heavy atom. The van der Waals surface area contributed by atoms with Crippen LogP contribution in [0.15, 0.2) is 18.2 Å². The van der Waals surface area contributed by atoms with Gasteiger partial charge in [0.2, 0.25) is 0 Å². The van der Waals surface area contributed by atoms with Crippen LogP contribution >= 0.6 is 0 Å². The van der Waals surface area contributed by atoms with E-state index in [0.717, 1.165) is 13.2 Å². The number of sulfone groups is 1. The molecule has 8 heteroatoms. The lowest BCUT2D eigenvalue weighted by Gasteiger charge is -2.18. The van der Waals surface area contributed by atoms with E-state index in [1.807, 2.05) is 0 Å². The van der Waals surface area contributed by atoms with Gasteiger partial charge in [-0.25, -0.2) is 8.42 Å². The number of benzene rings is 1. The molecule has 0 aliphatic rings. The van der Waals surface area contributed by atoms with E-state index in [9.17, 15) is 26.4 Å². The second-order valence-corrected chi connectivity index (χ2v) is 10.4. The van der Waals surface area contributed by atoms with Crippen LogP contribution in [0, 0.1) is 0 Å². The van der Waals surface area contributed by atoms with E-state index in [1.54, 1.807) is 20.8 Å². The topological polar surface area (TPSA) is 60.4 Å². The van der Waals surface area contributed by atoms with Gasteiger partial charge in [-0.05, 0) is 51.3 Å². The molecule has 27 heavy (non-hydrogen) atoms. The van der Waals surface area contributed by atoms with Crippen LogP contribution in [0.4, 0.5) is 13.2 Å². The van der Waals surface area contributed by atoms with Crippen molar-refractivity contribution in [2.45, 2.75) is 63.8 Å². The molecule has 0 amide bonds. The third kappa shape index (κ3) is 7.16. The van der Waals surface area contributed by atoms with E-state index in [4.69, 9.17) is 4.74 Å². The lowest BCUT2D eigenvalue weighted by molar-refractivity contribution is -0.138. The second-order valence-electron chi connectivity index (χ2n) is 7.49. The quantitative estimate of drug-likeness (QED) is 0.561. The average Bonchev–Trinajstić information content (AvgIpc) is 2.52. The van der Waals surface area contributed by atoms with Gasteiger partial charge in [-0.15, -0.1) is 0 Å². The predicted molar refractivity (Wildman–Crippen MR) is 98.7 cm³/mol. The van der Waals surface area contributed by atoms with Crippen molar-refractivity contribution >= 4 is 15.6 Å². The zero-order chi connectivity index (χ0) is 20.9.